The molecule has 5 heterocycles. The number of imidazole rings is 2. The largest absolute Gasteiger partial charge is 0.444 e. The summed E-state index contributed by atoms with van der Waals surface area (Å²) in [5.41, 5.74) is 5.15. The van der Waals surface area contributed by atoms with Crippen molar-refractivity contribution in [2.75, 3.05) is 13.1 Å². The molecule has 2 fully saturated rings. The van der Waals surface area contributed by atoms with Crippen LogP contribution in [0.2, 0.25) is 0 Å². The Labute approximate surface area is 290 Å². The molecule has 2 atom stereocenters. The number of aromatic nitrogens is 4. The Bertz CT molecular complexity index is 1980. The highest BCUT2D eigenvalue weighted by Gasteiger charge is 2.36. The van der Waals surface area contributed by atoms with Crippen LogP contribution in [-0.2, 0) is 9.47 Å². The molecule has 2 aliphatic rings. The first-order chi connectivity index (χ1) is 23.3. The third kappa shape index (κ3) is 6.81. The van der Waals surface area contributed by atoms with Crippen molar-refractivity contribution in [1.82, 2.24) is 29.7 Å². The first-order valence-corrected chi connectivity index (χ1v) is 17.9. The standard InChI is InChI=1S/C38H44N6O4S/c1-37(2,3)47-35(45)43-18-7-9-30(43)33-39-21-28(41-33)24-13-11-23(12-14-24)25-15-16-27(32-26(25)17-20-49-32)29-22-40-34(42-29)31-10-8-19-44(31)36(46)48-38(4,5)6/h11-17,20-22,30-31H,7-10,18-19H2,1-6H3,(H,39,41)(H,40,42). The van der Waals surface area contributed by atoms with Crippen molar-refractivity contribution in [3.63, 3.8) is 0 Å². The van der Waals surface area contributed by atoms with E-state index in [9.17, 15) is 9.59 Å². The van der Waals surface area contributed by atoms with E-state index in [1.54, 1.807) is 21.1 Å². The highest BCUT2D eigenvalue weighted by molar-refractivity contribution is 7.17. The van der Waals surface area contributed by atoms with Gasteiger partial charge in [-0.05, 0) is 95.4 Å². The van der Waals surface area contributed by atoms with Gasteiger partial charge in [-0.1, -0.05) is 36.4 Å². The van der Waals surface area contributed by atoms with Gasteiger partial charge in [0.05, 0.1) is 35.9 Å². The van der Waals surface area contributed by atoms with E-state index in [0.717, 1.165) is 71.0 Å². The van der Waals surface area contributed by atoms with Crippen molar-refractivity contribution in [3.05, 3.63) is 71.9 Å². The number of rotatable bonds is 5. The average Bonchev–Trinajstić information content (AvgIpc) is 3.88. The molecule has 49 heavy (non-hydrogen) atoms. The highest BCUT2D eigenvalue weighted by Crippen LogP contribution is 2.40. The molecule has 11 heteroatoms. The van der Waals surface area contributed by atoms with Crippen LogP contribution in [0.1, 0.15) is 91.0 Å². The molecule has 5 aromatic rings. The van der Waals surface area contributed by atoms with Gasteiger partial charge in [0.2, 0.25) is 0 Å². The zero-order valence-corrected chi connectivity index (χ0v) is 29.8. The van der Waals surface area contributed by atoms with E-state index >= 15 is 0 Å². The maximum absolute atomic E-state index is 12.9. The summed E-state index contributed by atoms with van der Waals surface area (Å²) >= 11 is 1.71. The molecular formula is C38H44N6O4S. The van der Waals surface area contributed by atoms with Gasteiger partial charge in [-0.15, -0.1) is 11.3 Å². The average molecular weight is 681 g/mol. The van der Waals surface area contributed by atoms with Gasteiger partial charge in [0, 0.05) is 28.7 Å². The summed E-state index contributed by atoms with van der Waals surface area (Å²) in [6.45, 7) is 12.6. The first kappa shape index (κ1) is 32.9. The zero-order valence-electron chi connectivity index (χ0n) is 29.0. The van der Waals surface area contributed by atoms with Crippen molar-refractivity contribution in [3.8, 4) is 33.6 Å². The number of thiophene rings is 1. The van der Waals surface area contributed by atoms with Crippen LogP contribution < -0.4 is 0 Å². The Kier molecular flexibility index (Phi) is 8.50. The summed E-state index contributed by atoms with van der Waals surface area (Å²) in [5, 5.41) is 3.30. The number of nitrogens with zero attached hydrogens (tertiary/aromatic N) is 4. The van der Waals surface area contributed by atoms with Crippen molar-refractivity contribution in [2.24, 2.45) is 0 Å². The molecule has 0 bridgehead atoms. The van der Waals surface area contributed by atoms with E-state index in [1.807, 2.05) is 53.9 Å². The third-order valence-corrected chi connectivity index (χ3v) is 9.95. The van der Waals surface area contributed by atoms with E-state index < -0.39 is 11.2 Å². The molecule has 2 unspecified atom stereocenters. The van der Waals surface area contributed by atoms with Gasteiger partial charge in [-0.3, -0.25) is 9.80 Å². The van der Waals surface area contributed by atoms with Gasteiger partial charge in [-0.25, -0.2) is 19.6 Å². The van der Waals surface area contributed by atoms with Gasteiger partial charge >= 0.3 is 12.2 Å². The minimum absolute atomic E-state index is 0.124. The third-order valence-electron chi connectivity index (χ3n) is 9.00. The molecule has 0 spiro atoms. The number of nitrogens with one attached hydrogen (secondary N) is 2. The summed E-state index contributed by atoms with van der Waals surface area (Å²) in [6, 6.07) is 14.7. The number of aromatic amines is 2. The van der Waals surface area contributed by atoms with Crippen LogP contribution in [-0.4, -0.2) is 66.2 Å². The van der Waals surface area contributed by atoms with Crippen LogP contribution in [0.5, 0.6) is 0 Å². The normalized spacial score (nSPS) is 18.4. The monoisotopic (exact) mass is 680 g/mol. The molecule has 0 aliphatic carbocycles. The Hall–Kier alpha value is -4.64. The lowest BCUT2D eigenvalue weighted by atomic mass is 9.97. The number of amides is 2. The molecular weight excluding hydrogens is 637 g/mol. The molecule has 2 aliphatic heterocycles. The van der Waals surface area contributed by atoms with Gasteiger partial charge in [0.25, 0.3) is 0 Å². The summed E-state index contributed by atoms with van der Waals surface area (Å²) in [5.74, 6) is 1.57. The summed E-state index contributed by atoms with van der Waals surface area (Å²) < 4.78 is 12.5. The van der Waals surface area contributed by atoms with Gasteiger partial charge < -0.3 is 19.4 Å². The topological polar surface area (TPSA) is 116 Å². The molecule has 3 aromatic heterocycles. The second-order valence-electron chi connectivity index (χ2n) is 14.9. The molecule has 2 aromatic carbocycles. The number of likely N-dealkylation sites (tertiary alicyclic amines) is 2. The van der Waals surface area contributed by atoms with Crippen molar-refractivity contribution < 1.29 is 19.1 Å². The number of hydrogen-bond donors (Lipinski definition) is 2. The molecule has 2 N–H and O–H groups in total. The molecule has 0 radical (unpaired) electrons. The second kappa shape index (κ2) is 12.7. The minimum Gasteiger partial charge on any atom is -0.444 e. The van der Waals surface area contributed by atoms with Crippen molar-refractivity contribution >= 4 is 33.6 Å². The van der Waals surface area contributed by atoms with Gasteiger partial charge in [0.1, 0.15) is 22.9 Å². The van der Waals surface area contributed by atoms with E-state index in [1.165, 1.54) is 10.1 Å². The predicted molar refractivity (Wildman–Crippen MR) is 192 cm³/mol. The lowest BCUT2D eigenvalue weighted by Crippen LogP contribution is -2.36. The quantitative estimate of drug-likeness (QED) is 0.191. The Morgan fingerprint density at radius 1 is 0.714 bits per heavy atom. The fourth-order valence-electron chi connectivity index (χ4n) is 6.83. The maximum Gasteiger partial charge on any atom is 0.410 e. The second-order valence-corrected chi connectivity index (χ2v) is 15.8. The molecule has 2 amide bonds. The van der Waals surface area contributed by atoms with Crippen molar-refractivity contribution in [1.29, 1.82) is 0 Å². The van der Waals surface area contributed by atoms with Crippen LogP contribution in [0, 0.1) is 0 Å². The number of carbonyl (C=O) groups excluding carboxylic acids is 2. The highest BCUT2D eigenvalue weighted by atomic mass is 32.1. The van der Waals surface area contributed by atoms with Crippen LogP contribution in [0.15, 0.2) is 60.2 Å². The fourth-order valence-corrected chi connectivity index (χ4v) is 7.78. The molecule has 256 valence electrons. The molecule has 10 nitrogen and oxygen atoms in total. The summed E-state index contributed by atoms with van der Waals surface area (Å²) in [7, 11) is 0. The number of ether oxygens (including phenoxy) is 2. The first-order valence-electron chi connectivity index (χ1n) is 17.0. The van der Waals surface area contributed by atoms with E-state index in [-0.39, 0.29) is 24.3 Å². The van der Waals surface area contributed by atoms with Crippen LogP contribution in [0.25, 0.3) is 43.7 Å². The number of carbonyl (C=O) groups is 2. The minimum atomic E-state index is -0.546. The number of H-pyrrole nitrogens is 2. The predicted octanol–water partition coefficient (Wildman–Crippen LogP) is 9.49. The lowest BCUT2D eigenvalue weighted by molar-refractivity contribution is 0.0208. The zero-order chi connectivity index (χ0) is 34.5. The van der Waals surface area contributed by atoms with Crippen LogP contribution in [0.3, 0.4) is 0 Å². The fraction of sp³-hybridized carbons (Fsp3) is 0.421. The summed E-state index contributed by atoms with van der Waals surface area (Å²) in [6.07, 6.45) is 6.66. The van der Waals surface area contributed by atoms with Gasteiger partial charge in [-0.2, -0.15) is 0 Å². The van der Waals surface area contributed by atoms with E-state index in [2.05, 4.69) is 62.8 Å². The molecule has 7 rings (SSSR count). The Morgan fingerprint density at radius 3 is 1.80 bits per heavy atom. The lowest BCUT2D eigenvalue weighted by Gasteiger charge is -2.27. The van der Waals surface area contributed by atoms with E-state index in [0.29, 0.717) is 13.1 Å². The summed E-state index contributed by atoms with van der Waals surface area (Å²) in [4.78, 5) is 45.7. The Morgan fingerprint density at radius 2 is 1.22 bits per heavy atom. The van der Waals surface area contributed by atoms with Crippen LogP contribution in [0.4, 0.5) is 9.59 Å². The Balaban J connectivity index is 1.09. The smallest absolute Gasteiger partial charge is 0.410 e. The molecule has 0 saturated carbocycles. The number of benzene rings is 2. The van der Waals surface area contributed by atoms with Gasteiger partial charge in [0.15, 0.2) is 0 Å². The maximum atomic E-state index is 12.9. The SMILES string of the molecule is CC(C)(C)OC(=O)N1CCCC1c1ncc(-c2ccc(-c3ccc(-c4cnc(C5CCCN5C(=O)OC(C)(C)C)[nH]4)c4sccc34)cc2)[nH]1. The van der Waals surface area contributed by atoms with E-state index in [4.69, 9.17) is 14.5 Å². The molecule has 2 saturated heterocycles. The van der Waals surface area contributed by atoms with Crippen LogP contribution >= 0.6 is 11.3 Å². The number of fused-ring (bicyclic) bond motifs is 1. The number of hydrogen-bond acceptors (Lipinski definition) is 7. The van der Waals surface area contributed by atoms with Crippen molar-refractivity contribution in [2.45, 2.75) is 90.5 Å².